The quantitative estimate of drug-likeness (QED) is 0.116. The number of imidazole rings is 1. The highest BCUT2D eigenvalue weighted by Crippen LogP contribution is 2.40. The van der Waals surface area contributed by atoms with Gasteiger partial charge in [0.25, 0.3) is 0 Å². The van der Waals surface area contributed by atoms with Crippen LogP contribution in [0.1, 0.15) is 51.8 Å². The van der Waals surface area contributed by atoms with E-state index in [2.05, 4.69) is 89.7 Å². The first-order valence-corrected chi connectivity index (χ1v) is 16.6. The van der Waals surface area contributed by atoms with Crippen LogP contribution in [0.2, 0.25) is 0 Å². The lowest BCUT2D eigenvalue weighted by Gasteiger charge is -2.26. The van der Waals surface area contributed by atoms with Crippen molar-refractivity contribution in [1.82, 2.24) is 24.3 Å². The lowest BCUT2D eigenvalue weighted by Crippen LogP contribution is -2.30. The van der Waals surface area contributed by atoms with Crippen LogP contribution in [0.15, 0.2) is 54.7 Å². The molecule has 0 spiro atoms. The molecule has 4 aromatic rings. The molecule has 0 saturated heterocycles. The first-order chi connectivity index (χ1) is 22.2. The van der Waals surface area contributed by atoms with Gasteiger partial charge in [-0.15, -0.1) is 0 Å². The number of aromatic nitrogens is 3. The summed E-state index contributed by atoms with van der Waals surface area (Å²) in [4.78, 5) is 14.6. The van der Waals surface area contributed by atoms with Gasteiger partial charge in [0.15, 0.2) is 11.5 Å². The second kappa shape index (κ2) is 17.2. The number of benzene rings is 2. The van der Waals surface area contributed by atoms with Gasteiger partial charge < -0.3 is 29.0 Å². The molecule has 0 fully saturated rings. The van der Waals surface area contributed by atoms with Gasteiger partial charge in [0, 0.05) is 55.9 Å². The summed E-state index contributed by atoms with van der Waals surface area (Å²) in [5.74, 6) is 3.77. The molecule has 0 amide bonds. The molecule has 0 unspecified atom stereocenters. The number of methoxy groups -OCH3 is 3. The number of nitrogens with zero attached hydrogens (tertiary/aromatic N) is 5. The molecule has 9 nitrogen and oxygen atoms in total. The molecule has 46 heavy (non-hydrogen) atoms. The van der Waals surface area contributed by atoms with Crippen LogP contribution in [0.25, 0.3) is 11.0 Å². The van der Waals surface area contributed by atoms with Gasteiger partial charge in [-0.3, -0.25) is 9.88 Å². The number of hydrogen-bond acceptors (Lipinski definition) is 8. The minimum Gasteiger partial charge on any atom is -0.493 e. The van der Waals surface area contributed by atoms with Gasteiger partial charge in [-0.05, 0) is 81.1 Å². The molecule has 0 bridgehead atoms. The normalized spacial score (nSPS) is 11.7. The van der Waals surface area contributed by atoms with Crippen molar-refractivity contribution in [3.05, 3.63) is 66.0 Å². The number of ether oxygens (including phenoxy) is 3. The molecule has 4 rings (SSSR count). The number of pyridine rings is 1. The summed E-state index contributed by atoms with van der Waals surface area (Å²) in [6, 6.07) is 16.7. The van der Waals surface area contributed by atoms with Crippen LogP contribution in [0.4, 0.5) is 11.6 Å². The fraction of sp³-hybridized carbons (Fsp3) is 0.514. The highest BCUT2D eigenvalue weighted by atomic mass is 16.5. The molecule has 2 aromatic heterocycles. The summed E-state index contributed by atoms with van der Waals surface area (Å²) in [5.41, 5.74) is 5.36. The summed E-state index contributed by atoms with van der Waals surface area (Å²) < 4.78 is 19.1. The molecular weight excluding hydrogens is 576 g/mol. The Morgan fingerprint density at radius 2 is 1.54 bits per heavy atom. The molecule has 0 saturated carbocycles. The predicted molar refractivity (Wildman–Crippen MR) is 189 cm³/mol. The summed E-state index contributed by atoms with van der Waals surface area (Å²) in [6.45, 7) is 15.1. The minimum atomic E-state index is 0.562. The lowest BCUT2D eigenvalue weighted by atomic mass is 10.1. The van der Waals surface area contributed by atoms with E-state index in [1.54, 1.807) is 21.3 Å². The van der Waals surface area contributed by atoms with Crippen molar-refractivity contribution in [2.45, 2.75) is 60.0 Å². The van der Waals surface area contributed by atoms with Crippen molar-refractivity contribution in [1.29, 1.82) is 0 Å². The van der Waals surface area contributed by atoms with Crippen LogP contribution in [0, 0.1) is 11.8 Å². The third kappa shape index (κ3) is 9.84. The Balaban J connectivity index is 1.55. The van der Waals surface area contributed by atoms with Crippen molar-refractivity contribution in [3.63, 3.8) is 0 Å². The van der Waals surface area contributed by atoms with E-state index in [9.17, 15) is 0 Å². The van der Waals surface area contributed by atoms with Gasteiger partial charge in [0.2, 0.25) is 11.7 Å². The van der Waals surface area contributed by atoms with Crippen LogP contribution in [-0.4, -0.2) is 78.9 Å². The highest BCUT2D eigenvalue weighted by molar-refractivity contribution is 5.81. The molecule has 9 heteroatoms. The van der Waals surface area contributed by atoms with Gasteiger partial charge >= 0.3 is 0 Å². The third-order valence-corrected chi connectivity index (χ3v) is 8.01. The van der Waals surface area contributed by atoms with E-state index in [1.807, 2.05) is 24.4 Å². The second-order valence-corrected chi connectivity index (χ2v) is 13.0. The van der Waals surface area contributed by atoms with Crippen LogP contribution < -0.4 is 19.5 Å². The van der Waals surface area contributed by atoms with Crippen molar-refractivity contribution >= 4 is 22.7 Å². The lowest BCUT2D eigenvalue weighted by molar-refractivity contribution is 0.211. The zero-order valence-corrected chi connectivity index (χ0v) is 29.2. The first kappa shape index (κ1) is 35.0. The predicted octanol–water partition coefficient (Wildman–Crippen LogP) is 7.27. The van der Waals surface area contributed by atoms with Gasteiger partial charge in [0.1, 0.15) is 0 Å². The Morgan fingerprint density at radius 3 is 2.15 bits per heavy atom. The first-order valence-electron chi connectivity index (χ1n) is 16.6. The fourth-order valence-corrected chi connectivity index (χ4v) is 6.06. The molecule has 0 atom stereocenters. The zero-order valence-electron chi connectivity index (χ0n) is 29.2. The van der Waals surface area contributed by atoms with Gasteiger partial charge in [-0.25, -0.2) is 4.98 Å². The Labute approximate surface area is 275 Å². The Morgan fingerprint density at radius 1 is 0.848 bits per heavy atom. The molecule has 1 N–H and O–H groups in total. The number of nitrogens with one attached hydrogen (secondary N) is 1. The van der Waals surface area contributed by atoms with E-state index < -0.39 is 0 Å². The maximum Gasteiger partial charge on any atom is 0.208 e. The third-order valence-electron chi connectivity index (χ3n) is 8.01. The minimum absolute atomic E-state index is 0.562. The molecule has 0 aliphatic heterocycles. The monoisotopic (exact) mass is 630 g/mol. The van der Waals surface area contributed by atoms with E-state index >= 15 is 0 Å². The van der Waals surface area contributed by atoms with E-state index in [0.29, 0.717) is 29.1 Å². The van der Waals surface area contributed by atoms with E-state index in [4.69, 9.17) is 19.2 Å². The van der Waals surface area contributed by atoms with E-state index in [0.717, 1.165) is 86.9 Å². The molecule has 2 aromatic carbocycles. The number of rotatable bonds is 19. The summed E-state index contributed by atoms with van der Waals surface area (Å²) in [7, 11) is 7.08. The van der Waals surface area contributed by atoms with Crippen molar-refractivity contribution < 1.29 is 14.2 Å². The maximum atomic E-state index is 5.62. The second-order valence-electron chi connectivity index (χ2n) is 13.0. The standard InChI is InChI=1S/C37H54N6O3/c1-27(2)24-42(25-28(3)4)26-29-15-16-33-32(21-29)40-37(39-31-22-34(44-6)36(46-8)35(23-31)45-7)43(33)20-12-19-41(5)18-11-14-30-13-9-10-17-38-30/h9-10,13,15-17,21-23,27-28H,11-12,14,18-20,24-26H2,1-8H3,(H,39,40). The van der Waals surface area contributed by atoms with Crippen molar-refractivity contribution in [2.24, 2.45) is 11.8 Å². The van der Waals surface area contributed by atoms with Crippen LogP contribution in [0.5, 0.6) is 17.2 Å². The highest BCUT2D eigenvalue weighted by Gasteiger charge is 2.18. The molecule has 0 aliphatic rings. The number of aryl methyl sites for hydroxylation is 2. The largest absolute Gasteiger partial charge is 0.493 e. The molecule has 0 aliphatic carbocycles. The number of anilines is 2. The molecular formula is C37H54N6O3. The molecule has 250 valence electrons. The Kier molecular flexibility index (Phi) is 13.1. The fourth-order valence-electron chi connectivity index (χ4n) is 6.06. The van der Waals surface area contributed by atoms with Crippen LogP contribution >= 0.6 is 0 Å². The summed E-state index contributed by atoms with van der Waals surface area (Å²) in [6.07, 6.45) is 4.94. The van der Waals surface area contributed by atoms with E-state index in [-0.39, 0.29) is 0 Å². The average Bonchev–Trinajstić information content (AvgIpc) is 3.36. The van der Waals surface area contributed by atoms with Gasteiger partial charge in [-0.1, -0.05) is 39.8 Å². The number of fused-ring (bicyclic) bond motifs is 1. The van der Waals surface area contributed by atoms with Gasteiger partial charge in [0.05, 0.1) is 32.4 Å². The topological polar surface area (TPSA) is 76.9 Å². The molecule has 2 heterocycles. The van der Waals surface area contributed by atoms with Gasteiger partial charge in [-0.2, -0.15) is 0 Å². The van der Waals surface area contributed by atoms with Crippen molar-refractivity contribution in [3.8, 4) is 17.2 Å². The average molecular weight is 631 g/mol. The van der Waals surface area contributed by atoms with Crippen molar-refractivity contribution in [2.75, 3.05) is 59.9 Å². The van der Waals surface area contributed by atoms with E-state index in [1.165, 1.54) is 5.56 Å². The van der Waals surface area contributed by atoms with Crippen LogP contribution in [-0.2, 0) is 19.5 Å². The molecule has 0 radical (unpaired) electrons. The maximum absolute atomic E-state index is 5.62. The van der Waals surface area contributed by atoms with Crippen LogP contribution in [0.3, 0.4) is 0 Å². The SMILES string of the molecule is COc1cc(Nc2nc3cc(CN(CC(C)C)CC(C)C)ccc3n2CCCN(C)CCCc2ccccn2)cc(OC)c1OC. The zero-order chi connectivity index (χ0) is 33.1. The Hall–Kier alpha value is -3.82. The summed E-state index contributed by atoms with van der Waals surface area (Å²) in [5, 5.41) is 3.57. The Bertz CT molecular complexity index is 1470. The number of hydrogen-bond donors (Lipinski definition) is 1. The summed E-state index contributed by atoms with van der Waals surface area (Å²) >= 11 is 0. The smallest absolute Gasteiger partial charge is 0.208 e.